The number of methoxy groups -OCH3 is 2. The van der Waals surface area contributed by atoms with Crippen molar-refractivity contribution in [2.24, 2.45) is 17.8 Å². The van der Waals surface area contributed by atoms with Gasteiger partial charge in [-0.3, -0.25) is 9.59 Å². The number of rotatable bonds is 5. The molecule has 3 atom stereocenters. The average molecular weight is 321 g/mol. The summed E-state index contributed by atoms with van der Waals surface area (Å²) in [5, 5.41) is 12.2. The predicted molar refractivity (Wildman–Crippen MR) is 85.8 cm³/mol. The molecule has 1 aliphatic rings. The van der Waals surface area contributed by atoms with Gasteiger partial charge in [0.1, 0.15) is 11.5 Å². The van der Waals surface area contributed by atoms with Gasteiger partial charge < -0.3 is 19.9 Å². The number of amides is 1. The second-order valence-corrected chi connectivity index (χ2v) is 6.02. The molecule has 1 aromatic rings. The minimum Gasteiger partial charge on any atom is -0.497 e. The SMILES string of the molecule is COc1ccc(NC(=O)C2CCC(C)CC2C(=O)O)c(OC)c1. The minimum absolute atomic E-state index is 0.271. The van der Waals surface area contributed by atoms with Gasteiger partial charge in [0, 0.05) is 6.07 Å². The quantitative estimate of drug-likeness (QED) is 0.871. The van der Waals surface area contributed by atoms with E-state index in [1.807, 2.05) is 6.92 Å². The van der Waals surface area contributed by atoms with Crippen molar-refractivity contribution in [3.8, 4) is 11.5 Å². The van der Waals surface area contributed by atoms with Crippen molar-refractivity contribution in [1.29, 1.82) is 0 Å². The molecule has 0 saturated heterocycles. The molecule has 6 nitrogen and oxygen atoms in total. The summed E-state index contributed by atoms with van der Waals surface area (Å²) in [6.07, 6.45) is 1.98. The number of benzene rings is 1. The Balaban J connectivity index is 2.16. The number of carbonyl (C=O) groups is 2. The lowest BCUT2D eigenvalue weighted by atomic mass is 9.74. The molecule has 0 heterocycles. The van der Waals surface area contributed by atoms with Crippen LogP contribution in [0.5, 0.6) is 11.5 Å². The third-order valence-corrected chi connectivity index (χ3v) is 4.43. The van der Waals surface area contributed by atoms with Gasteiger partial charge in [0.2, 0.25) is 5.91 Å². The van der Waals surface area contributed by atoms with Crippen LogP contribution in [-0.2, 0) is 9.59 Å². The highest BCUT2D eigenvalue weighted by atomic mass is 16.5. The third kappa shape index (κ3) is 3.94. The van der Waals surface area contributed by atoms with Crippen LogP contribution in [0.25, 0.3) is 0 Å². The lowest BCUT2D eigenvalue weighted by Gasteiger charge is -2.31. The summed E-state index contributed by atoms with van der Waals surface area (Å²) in [6, 6.07) is 5.08. The molecule has 6 heteroatoms. The fourth-order valence-corrected chi connectivity index (χ4v) is 3.09. The Labute approximate surface area is 135 Å². The van der Waals surface area contributed by atoms with E-state index in [1.165, 1.54) is 7.11 Å². The van der Waals surface area contributed by atoms with Crippen molar-refractivity contribution in [3.05, 3.63) is 18.2 Å². The maximum atomic E-state index is 12.6. The molecule has 1 fully saturated rings. The van der Waals surface area contributed by atoms with Gasteiger partial charge in [-0.05, 0) is 37.3 Å². The van der Waals surface area contributed by atoms with Gasteiger partial charge in [0.15, 0.2) is 0 Å². The summed E-state index contributed by atoms with van der Waals surface area (Å²) in [5.41, 5.74) is 0.515. The largest absolute Gasteiger partial charge is 0.497 e. The van der Waals surface area contributed by atoms with Crippen LogP contribution in [0.1, 0.15) is 26.2 Å². The first-order valence-electron chi connectivity index (χ1n) is 7.72. The molecule has 1 saturated carbocycles. The molecular formula is C17H23NO5. The molecule has 0 spiro atoms. The predicted octanol–water partition coefficient (Wildman–Crippen LogP) is 2.78. The number of carboxylic acids is 1. The van der Waals surface area contributed by atoms with E-state index in [4.69, 9.17) is 9.47 Å². The first-order valence-corrected chi connectivity index (χ1v) is 7.72. The zero-order chi connectivity index (χ0) is 17.0. The number of carboxylic acid groups (broad SMARTS) is 1. The van der Waals surface area contributed by atoms with Crippen LogP contribution in [0.3, 0.4) is 0 Å². The van der Waals surface area contributed by atoms with Crippen LogP contribution >= 0.6 is 0 Å². The molecular weight excluding hydrogens is 298 g/mol. The summed E-state index contributed by atoms with van der Waals surface area (Å²) in [4.78, 5) is 24.0. The highest BCUT2D eigenvalue weighted by molar-refractivity contribution is 5.96. The van der Waals surface area contributed by atoms with Crippen LogP contribution in [0, 0.1) is 17.8 Å². The number of carbonyl (C=O) groups excluding carboxylic acids is 1. The van der Waals surface area contributed by atoms with Crippen LogP contribution in [0.4, 0.5) is 5.69 Å². The molecule has 126 valence electrons. The molecule has 0 aromatic heterocycles. The number of nitrogens with one attached hydrogen (secondary N) is 1. The average Bonchev–Trinajstić information content (AvgIpc) is 2.54. The Kier molecular flexibility index (Phi) is 5.47. The van der Waals surface area contributed by atoms with E-state index in [2.05, 4.69) is 5.32 Å². The zero-order valence-corrected chi connectivity index (χ0v) is 13.7. The van der Waals surface area contributed by atoms with E-state index < -0.39 is 17.8 Å². The fourth-order valence-electron chi connectivity index (χ4n) is 3.09. The monoisotopic (exact) mass is 321 g/mol. The Hall–Kier alpha value is -2.24. The van der Waals surface area contributed by atoms with E-state index in [-0.39, 0.29) is 5.91 Å². The van der Waals surface area contributed by atoms with Crippen molar-refractivity contribution < 1.29 is 24.2 Å². The van der Waals surface area contributed by atoms with Gasteiger partial charge >= 0.3 is 5.97 Å². The van der Waals surface area contributed by atoms with E-state index in [1.54, 1.807) is 25.3 Å². The van der Waals surface area contributed by atoms with Crippen LogP contribution in [0.2, 0.25) is 0 Å². The molecule has 2 rings (SSSR count). The number of aliphatic carboxylic acids is 1. The summed E-state index contributed by atoms with van der Waals surface area (Å²) >= 11 is 0. The normalized spacial score (nSPS) is 23.9. The molecule has 1 aliphatic carbocycles. The zero-order valence-electron chi connectivity index (χ0n) is 13.7. The van der Waals surface area contributed by atoms with Crippen LogP contribution in [-0.4, -0.2) is 31.2 Å². The van der Waals surface area contributed by atoms with Crippen LogP contribution in [0.15, 0.2) is 18.2 Å². The molecule has 23 heavy (non-hydrogen) atoms. The van der Waals surface area contributed by atoms with E-state index in [9.17, 15) is 14.7 Å². The summed E-state index contributed by atoms with van der Waals surface area (Å²) < 4.78 is 10.4. The Morgan fingerprint density at radius 1 is 1.17 bits per heavy atom. The fraction of sp³-hybridized carbons (Fsp3) is 0.529. The third-order valence-electron chi connectivity index (χ3n) is 4.43. The molecule has 3 unspecified atom stereocenters. The van der Waals surface area contributed by atoms with E-state index in [0.29, 0.717) is 35.9 Å². The molecule has 1 amide bonds. The highest BCUT2D eigenvalue weighted by Gasteiger charge is 2.38. The van der Waals surface area contributed by atoms with Gasteiger partial charge in [0.25, 0.3) is 0 Å². The van der Waals surface area contributed by atoms with Crippen molar-refractivity contribution in [2.75, 3.05) is 19.5 Å². The number of anilines is 1. The maximum absolute atomic E-state index is 12.6. The minimum atomic E-state index is -0.904. The molecule has 0 bridgehead atoms. The molecule has 1 aromatic carbocycles. The van der Waals surface area contributed by atoms with E-state index in [0.717, 1.165) is 6.42 Å². The van der Waals surface area contributed by atoms with Crippen LogP contribution < -0.4 is 14.8 Å². The van der Waals surface area contributed by atoms with Gasteiger partial charge in [-0.1, -0.05) is 6.92 Å². The first kappa shape index (κ1) is 17.1. The first-order chi connectivity index (χ1) is 11.0. The van der Waals surface area contributed by atoms with Crippen molar-refractivity contribution in [1.82, 2.24) is 0 Å². The van der Waals surface area contributed by atoms with Crippen molar-refractivity contribution in [2.45, 2.75) is 26.2 Å². The van der Waals surface area contributed by atoms with Gasteiger partial charge in [0.05, 0.1) is 31.7 Å². The standard InChI is InChI=1S/C17H23NO5/c1-10-4-6-12(13(8-10)17(20)21)16(19)18-14-7-5-11(22-2)9-15(14)23-3/h5,7,9-10,12-13H,4,6,8H2,1-3H3,(H,18,19)(H,20,21). The number of hydrogen-bond donors (Lipinski definition) is 2. The highest BCUT2D eigenvalue weighted by Crippen LogP contribution is 2.36. The topological polar surface area (TPSA) is 84.9 Å². The molecule has 0 aliphatic heterocycles. The maximum Gasteiger partial charge on any atom is 0.307 e. The number of ether oxygens (including phenoxy) is 2. The van der Waals surface area contributed by atoms with Crippen molar-refractivity contribution >= 4 is 17.6 Å². The Morgan fingerprint density at radius 2 is 1.91 bits per heavy atom. The van der Waals surface area contributed by atoms with Gasteiger partial charge in [-0.2, -0.15) is 0 Å². The summed E-state index contributed by atoms with van der Waals surface area (Å²) in [5.74, 6) is -0.899. The summed E-state index contributed by atoms with van der Waals surface area (Å²) in [6.45, 7) is 2.02. The summed E-state index contributed by atoms with van der Waals surface area (Å²) in [7, 11) is 3.06. The Bertz CT molecular complexity index is 586. The van der Waals surface area contributed by atoms with Gasteiger partial charge in [-0.25, -0.2) is 0 Å². The molecule has 0 radical (unpaired) electrons. The van der Waals surface area contributed by atoms with Crippen molar-refractivity contribution in [3.63, 3.8) is 0 Å². The van der Waals surface area contributed by atoms with E-state index >= 15 is 0 Å². The second-order valence-electron chi connectivity index (χ2n) is 6.02. The second kappa shape index (κ2) is 7.35. The number of hydrogen-bond acceptors (Lipinski definition) is 4. The molecule has 2 N–H and O–H groups in total. The smallest absolute Gasteiger partial charge is 0.307 e. The van der Waals surface area contributed by atoms with Gasteiger partial charge in [-0.15, -0.1) is 0 Å². The lowest BCUT2D eigenvalue weighted by Crippen LogP contribution is -2.38. The lowest BCUT2D eigenvalue weighted by molar-refractivity contribution is -0.148. The Morgan fingerprint density at radius 3 is 2.52 bits per heavy atom.